The first-order valence-corrected chi connectivity index (χ1v) is 12.2. The second kappa shape index (κ2) is 9.18. The summed E-state index contributed by atoms with van der Waals surface area (Å²) in [4.78, 5) is 33.0. The monoisotopic (exact) mass is 462 g/mol. The number of hydrogen-bond acceptors (Lipinski definition) is 5. The van der Waals surface area contributed by atoms with E-state index in [-0.39, 0.29) is 23.2 Å². The van der Waals surface area contributed by atoms with Gasteiger partial charge < -0.3 is 4.74 Å². The Kier molecular flexibility index (Phi) is 6.48. The molecule has 0 spiro atoms. The molecule has 5 nitrogen and oxygen atoms in total. The predicted octanol–water partition coefficient (Wildman–Crippen LogP) is 5.77. The van der Waals surface area contributed by atoms with Crippen LogP contribution in [0.5, 0.6) is 0 Å². The van der Waals surface area contributed by atoms with Crippen LogP contribution < -0.4 is 0 Å². The van der Waals surface area contributed by atoms with Crippen LogP contribution >= 0.6 is 11.8 Å². The van der Waals surface area contributed by atoms with E-state index in [4.69, 9.17) is 4.74 Å². The van der Waals surface area contributed by atoms with Gasteiger partial charge in [-0.15, -0.1) is 0 Å². The number of esters is 1. The van der Waals surface area contributed by atoms with E-state index >= 15 is 0 Å². The number of amidine groups is 1. The zero-order valence-electron chi connectivity index (χ0n) is 19.8. The lowest BCUT2D eigenvalue weighted by Crippen LogP contribution is -2.40. The van der Waals surface area contributed by atoms with E-state index in [1.807, 2.05) is 56.3 Å². The van der Waals surface area contributed by atoms with Crippen molar-refractivity contribution in [3.8, 4) is 0 Å². The summed E-state index contributed by atoms with van der Waals surface area (Å²) >= 11 is 1.48. The molecule has 6 heteroatoms. The van der Waals surface area contributed by atoms with Crippen LogP contribution in [0, 0.1) is 0 Å². The van der Waals surface area contributed by atoms with Crippen LogP contribution in [-0.2, 0) is 26.3 Å². The van der Waals surface area contributed by atoms with Gasteiger partial charge in [-0.1, -0.05) is 94.1 Å². The first-order valence-electron chi connectivity index (χ1n) is 11.3. The molecule has 0 radical (unpaired) electrons. The number of hydrogen-bond donors (Lipinski definition) is 0. The number of aliphatic imine (C=N–C) groups is 1. The van der Waals surface area contributed by atoms with Crippen LogP contribution in [0.2, 0.25) is 0 Å². The number of carbonyl (C=O) groups excluding carboxylic acids is 2. The van der Waals surface area contributed by atoms with E-state index in [1.165, 1.54) is 17.3 Å². The second-order valence-electron chi connectivity index (χ2n) is 9.45. The summed E-state index contributed by atoms with van der Waals surface area (Å²) < 4.78 is 5.69. The van der Waals surface area contributed by atoms with Gasteiger partial charge >= 0.3 is 5.97 Å². The summed E-state index contributed by atoms with van der Waals surface area (Å²) in [7, 11) is 0. The van der Waals surface area contributed by atoms with Crippen LogP contribution in [0.25, 0.3) is 0 Å². The summed E-state index contributed by atoms with van der Waals surface area (Å²) in [6.45, 7) is 10.5. The normalized spacial score (nSPS) is 20.6. The highest BCUT2D eigenvalue weighted by molar-refractivity contribution is 8.15. The SMILES string of the molecule is CC[C@@H]1SC2=NC(C)=C(C(=O)OCc3ccccc3)[C@@H](c3ccc(C(C)(C)C)cc3)N2C1=O. The standard InChI is InChI=1S/C27H30N2O3S/c1-6-21-24(30)29-23(19-12-14-20(15-13-19)27(3,4)5)22(17(2)28-26(29)33-21)25(31)32-16-18-10-8-7-9-11-18/h7-15,21,23H,6,16H2,1-5H3/t21-,23+/m0/s1. The Balaban J connectivity index is 1.72. The van der Waals surface area contributed by atoms with Crippen molar-refractivity contribution < 1.29 is 14.3 Å². The number of thioether (sulfide) groups is 1. The Labute approximate surface area is 199 Å². The molecule has 2 aromatic carbocycles. The van der Waals surface area contributed by atoms with Crippen LogP contribution in [0.4, 0.5) is 0 Å². The summed E-state index contributed by atoms with van der Waals surface area (Å²) in [6, 6.07) is 17.2. The van der Waals surface area contributed by atoms with E-state index in [2.05, 4.69) is 37.9 Å². The third-order valence-electron chi connectivity index (χ3n) is 6.05. The Bertz CT molecular complexity index is 1110. The molecular weight excluding hydrogens is 432 g/mol. The molecule has 0 saturated carbocycles. The van der Waals surface area contributed by atoms with Crippen LogP contribution in [-0.4, -0.2) is 27.2 Å². The molecule has 0 aliphatic carbocycles. The minimum absolute atomic E-state index is 0.00740. The van der Waals surface area contributed by atoms with Crippen molar-refractivity contribution in [2.24, 2.45) is 4.99 Å². The van der Waals surface area contributed by atoms with Crippen molar-refractivity contribution in [3.63, 3.8) is 0 Å². The highest BCUT2D eigenvalue weighted by Gasteiger charge is 2.47. The molecule has 0 aromatic heterocycles. The highest BCUT2D eigenvalue weighted by atomic mass is 32.2. The zero-order chi connectivity index (χ0) is 23.8. The van der Waals surface area contributed by atoms with E-state index < -0.39 is 12.0 Å². The van der Waals surface area contributed by atoms with E-state index in [9.17, 15) is 9.59 Å². The van der Waals surface area contributed by atoms with Crippen LogP contribution in [0.15, 0.2) is 70.9 Å². The first kappa shape index (κ1) is 23.3. The largest absolute Gasteiger partial charge is 0.457 e. The maximum atomic E-state index is 13.3. The van der Waals surface area contributed by atoms with Gasteiger partial charge in [0.25, 0.3) is 0 Å². The van der Waals surface area contributed by atoms with Gasteiger partial charge in [0.2, 0.25) is 5.91 Å². The summed E-state index contributed by atoms with van der Waals surface area (Å²) in [5.41, 5.74) is 4.01. The number of amides is 1. The lowest BCUT2D eigenvalue weighted by Gasteiger charge is -2.33. The van der Waals surface area contributed by atoms with Crippen molar-refractivity contribution >= 4 is 28.8 Å². The van der Waals surface area contributed by atoms with Crippen molar-refractivity contribution in [2.45, 2.75) is 64.4 Å². The smallest absolute Gasteiger partial charge is 0.338 e. The number of allylic oxidation sites excluding steroid dienone is 1. The minimum atomic E-state index is -0.550. The third kappa shape index (κ3) is 4.62. The number of rotatable bonds is 5. The predicted molar refractivity (Wildman–Crippen MR) is 133 cm³/mol. The van der Waals surface area contributed by atoms with Gasteiger partial charge in [-0.2, -0.15) is 0 Å². The Morgan fingerprint density at radius 3 is 2.36 bits per heavy atom. The van der Waals surface area contributed by atoms with Gasteiger partial charge in [-0.05, 0) is 35.4 Å². The molecule has 1 fully saturated rings. The fourth-order valence-electron chi connectivity index (χ4n) is 4.13. The van der Waals surface area contributed by atoms with Gasteiger partial charge in [0, 0.05) is 0 Å². The van der Waals surface area contributed by atoms with Crippen molar-refractivity contribution in [3.05, 3.63) is 82.6 Å². The summed E-state index contributed by atoms with van der Waals surface area (Å²) in [6.07, 6.45) is 0.710. The first-order chi connectivity index (χ1) is 15.7. The van der Waals surface area contributed by atoms with Crippen molar-refractivity contribution in [1.82, 2.24) is 4.90 Å². The molecule has 1 saturated heterocycles. The molecule has 2 aliphatic rings. The van der Waals surface area contributed by atoms with E-state index in [1.54, 1.807) is 4.90 Å². The average molecular weight is 463 g/mol. The number of benzene rings is 2. The van der Waals surface area contributed by atoms with Gasteiger partial charge in [0.05, 0.1) is 22.6 Å². The molecule has 33 heavy (non-hydrogen) atoms. The molecule has 0 unspecified atom stereocenters. The fraction of sp³-hybridized carbons (Fsp3) is 0.370. The third-order valence-corrected chi connectivity index (χ3v) is 7.37. The number of ether oxygens (including phenoxy) is 1. The number of fused-ring (bicyclic) bond motifs is 1. The van der Waals surface area contributed by atoms with Gasteiger partial charge in [0.15, 0.2) is 5.17 Å². The molecule has 2 heterocycles. The van der Waals surface area contributed by atoms with E-state index in [0.29, 0.717) is 22.9 Å². The molecule has 2 aromatic rings. The topological polar surface area (TPSA) is 59.0 Å². The molecule has 1 amide bonds. The molecule has 2 aliphatic heterocycles. The summed E-state index contributed by atoms with van der Waals surface area (Å²) in [5, 5.41) is 0.474. The lowest BCUT2D eigenvalue weighted by molar-refractivity contribution is -0.141. The van der Waals surface area contributed by atoms with Gasteiger partial charge in [-0.3, -0.25) is 9.69 Å². The molecule has 172 valence electrons. The van der Waals surface area contributed by atoms with Crippen LogP contribution in [0.3, 0.4) is 0 Å². The Morgan fingerprint density at radius 2 is 1.76 bits per heavy atom. The second-order valence-corrected chi connectivity index (χ2v) is 10.6. The van der Waals surface area contributed by atoms with E-state index in [0.717, 1.165) is 11.1 Å². The van der Waals surface area contributed by atoms with Gasteiger partial charge in [0.1, 0.15) is 6.61 Å². The zero-order valence-corrected chi connectivity index (χ0v) is 20.6. The molecular formula is C27H30N2O3S. The lowest BCUT2D eigenvalue weighted by atomic mass is 9.85. The molecule has 0 N–H and O–H groups in total. The fourth-order valence-corrected chi connectivity index (χ4v) is 5.27. The molecule has 2 atom stereocenters. The Hall–Kier alpha value is -2.86. The average Bonchev–Trinajstić information content (AvgIpc) is 3.11. The highest BCUT2D eigenvalue weighted by Crippen LogP contribution is 2.44. The van der Waals surface area contributed by atoms with Crippen LogP contribution in [0.1, 0.15) is 63.8 Å². The number of carbonyl (C=O) groups is 2. The molecule has 0 bridgehead atoms. The minimum Gasteiger partial charge on any atom is -0.457 e. The maximum absolute atomic E-state index is 13.3. The van der Waals surface area contributed by atoms with Crippen molar-refractivity contribution in [1.29, 1.82) is 0 Å². The quantitative estimate of drug-likeness (QED) is 0.530. The molecule has 4 rings (SSSR count). The maximum Gasteiger partial charge on any atom is 0.338 e. The Morgan fingerprint density at radius 1 is 1.09 bits per heavy atom. The van der Waals surface area contributed by atoms with Gasteiger partial charge in [-0.25, -0.2) is 9.79 Å². The summed E-state index contributed by atoms with van der Waals surface area (Å²) in [5.74, 6) is -0.450. The van der Waals surface area contributed by atoms with Crippen molar-refractivity contribution in [2.75, 3.05) is 0 Å². The number of nitrogens with zero attached hydrogens (tertiary/aromatic N) is 2.